The zero-order valence-electron chi connectivity index (χ0n) is 9.56. The number of aliphatic hydroxyl groups excluding tert-OH is 1. The minimum atomic E-state index is -0.592. The van der Waals surface area contributed by atoms with Gasteiger partial charge in [-0.05, 0) is 12.1 Å². The van der Waals surface area contributed by atoms with Gasteiger partial charge in [0.1, 0.15) is 0 Å². The van der Waals surface area contributed by atoms with E-state index in [0.29, 0.717) is 5.69 Å². The molecule has 0 aromatic heterocycles. The second-order valence-electron chi connectivity index (χ2n) is 3.76. The van der Waals surface area contributed by atoms with Gasteiger partial charge in [-0.1, -0.05) is 17.7 Å². The highest BCUT2D eigenvalue weighted by Gasteiger charge is 2.36. The maximum atomic E-state index is 11.8. The number of ether oxygens (including phenoxy) is 1. The van der Waals surface area contributed by atoms with Gasteiger partial charge in [0.05, 0.1) is 36.1 Å². The summed E-state index contributed by atoms with van der Waals surface area (Å²) < 4.78 is 5.09. The van der Waals surface area contributed by atoms with Crippen molar-refractivity contribution in [3.63, 3.8) is 0 Å². The number of benzene rings is 1. The fourth-order valence-electron chi connectivity index (χ4n) is 1.85. The number of hydrogen-bond donors (Lipinski definition) is 1. The molecule has 5 nitrogen and oxygen atoms in total. The van der Waals surface area contributed by atoms with Crippen LogP contribution in [0.4, 0.5) is 5.69 Å². The van der Waals surface area contributed by atoms with Gasteiger partial charge >= 0.3 is 0 Å². The molecule has 0 saturated carbocycles. The van der Waals surface area contributed by atoms with E-state index in [2.05, 4.69) is 0 Å². The first-order valence-corrected chi connectivity index (χ1v) is 5.88. The van der Waals surface area contributed by atoms with E-state index < -0.39 is 11.7 Å². The van der Waals surface area contributed by atoms with E-state index in [1.165, 1.54) is 4.90 Å². The van der Waals surface area contributed by atoms with Gasteiger partial charge in [0.25, 0.3) is 11.7 Å². The molecule has 6 heteroatoms. The Kier molecular flexibility index (Phi) is 3.96. The average Bonchev–Trinajstić information content (AvgIpc) is 2.60. The second-order valence-corrected chi connectivity index (χ2v) is 4.16. The van der Waals surface area contributed by atoms with Crippen molar-refractivity contribution >= 4 is 29.0 Å². The quantitative estimate of drug-likeness (QED) is 0.636. The van der Waals surface area contributed by atoms with Gasteiger partial charge in [0.2, 0.25) is 0 Å². The van der Waals surface area contributed by atoms with Crippen LogP contribution in [0, 0.1) is 0 Å². The normalized spacial score (nSPS) is 14.2. The molecule has 1 aliphatic rings. The highest BCUT2D eigenvalue weighted by molar-refractivity contribution is 6.55. The maximum Gasteiger partial charge on any atom is 0.299 e. The lowest BCUT2D eigenvalue weighted by molar-refractivity contribution is -0.114. The third kappa shape index (κ3) is 2.25. The number of nitrogens with zero attached hydrogens (tertiary/aromatic N) is 1. The standard InChI is InChI=1S/C12H12ClNO4/c13-8-2-1-3-9-10(8)11(16)12(17)14(9)4-6-18-7-5-15/h1-3,15H,4-7H2. The maximum absolute atomic E-state index is 11.8. The summed E-state index contributed by atoms with van der Waals surface area (Å²) in [5.74, 6) is -1.18. The molecule has 0 aliphatic carbocycles. The summed E-state index contributed by atoms with van der Waals surface area (Å²) in [6.45, 7) is 0.650. The number of hydrogen-bond acceptors (Lipinski definition) is 4. The summed E-state index contributed by atoms with van der Waals surface area (Å²) in [6, 6.07) is 4.95. The van der Waals surface area contributed by atoms with Crippen LogP contribution >= 0.6 is 11.6 Å². The van der Waals surface area contributed by atoms with E-state index in [-0.39, 0.29) is 37.0 Å². The van der Waals surface area contributed by atoms with Crippen LogP contribution in [-0.2, 0) is 9.53 Å². The molecule has 0 spiro atoms. The number of carbonyl (C=O) groups excluding carboxylic acids is 2. The third-order valence-corrected chi connectivity index (χ3v) is 2.96. The predicted octanol–water partition coefficient (Wildman–Crippen LogP) is 0.878. The van der Waals surface area contributed by atoms with Crippen molar-refractivity contribution in [3.05, 3.63) is 28.8 Å². The predicted molar refractivity (Wildman–Crippen MR) is 66.0 cm³/mol. The molecule has 0 saturated heterocycles. The lowest BCUT2D eigenvalue weighted by Gasteiger charge is -2.16. The largest absolute Gasteiger partial charge is 0.394 e. The lowest BCUT2D eigenvalue weighted by atomic mass is 10.1. The molecule has 2 rings (SSSR count). The minimum absolute atomic E-state index is 0.0741. The third-order valence-electron chi connectivity index (χ3n) is 2.64. The van der Waals surface area contributed by atoms with Crippen LogP contribution in [0.5, 0.6) is 0 Å². The molecule has 0 atom stereocenters. The fraction of sp³-hybridized carbons (Fsp3) is 0.333. The Labute approximate surface area is 109 Å². The van der Waals surface area contributed by atoms with Gasteiger partial charge in [-0.25, -0.2) is 0 Å². The number of carbonyl (C=O) groups is 2. The summed E-state index contributed by atoms with van der Waals surface area (Å²) in [5, 5.41) is 8.85. The molecule has 18 heavy (non-hydrogen) atoms. The number of halogens is 1. The number of rotatable bonds is 5. The van der Waals surface area contributed by atoms with E-state index in [0.717, 1.165) is 0 Å². The van der Waals surface area contributed by atoms with E-state index in [4.69, 9.17) is 21.4 Å². The summed E-state index contributed by atoms with van der Waals surface area (Å²) in [6.07, 6.45) is 0. The Morgan fingerprint density at radius 1 is 1.28 bits per heavy atom. The van der Waals surface area contributed by atoms with Crippen LogP contribution < -0.4 is 4.90 Å². The van der Waals surface area contributed by atoms with Crippen LogP contribution in [-0.4, -0.2) is 43.2 Å². The van der Waals surface area contributed by atoms with Crippen LogP contribution in [0.3, 0.4) is 0 Å². The van der Waals surface area contributed by atoms with Crippen molar-refractivity contribution in [1.29, 1.82) is 0 Å². The van der Waals surface area contributed by atoms with Gasteiger partial charge in [0, 0.05) is 6.54 Å². The Morgan fingerprint density at radius 2 is 2.06 bits per heavy atom. The van der Waals surface area contributed by atoms with Crippen molar-refractivity contribution < 1.29 is 19.4 Å². The summed E-state index contributed by atoms with van der Waals surface area (Å²) in [4.78, 5) is 24.9. The Bertz CT molecular complexity index is 489. The van der Waals surface area contributed by atoms with E-state index in [9.17, 15) is 9.59 Å². The molecule has 1 heterocycles. The van der Waals surface area contributed by atoms with Crippen LogP contribution in [0.2, 0.25) is 5.02 Å². The van der Waals surface area contributed by atoms with E-state index in [1.807, 2.05) is 0 Å². The first-order chi connectivity index (χ1) is 8.66. The molecule has 1 amide bonds. The van der Waals surface area contributed by atoms with E-state index in [1.54, 1.807) is 18.2 Å². The molecular weight excluding hydrogens is 258 g/mol. The zero-order valence-corrected chi connectivity index (χ0v) is 10.3. The van der Waals surface area contributed by atoms with Gasteiger partial charge in [-0.15, -0.1) is 0 Å². The molecule has 0 fully saturated rings. The summed E-state index contributed by atoms with van der Waals surface area (Å²) >= 11 is 5.91. The Hall–Kier alpha value is -1.43. The van der Waals surface area contributed by atoms with Crippen LogP contribution in [0.1, 0.15) is 10.4 Å². The lowest BCUT2D eigenvalue weighted by Crippen LogP contribution is -2.33. The minimum Gasteiger partial charge on any atom is -0.394 e. The number of Topliss-reactive ketones (excluding diaryl/α,β-unsaturated/α-hetero) is 1. The van der Waals surface area contributed by atoms with Crippen molar-refractivity contribution in [1.82, 2.24) is 0 Å². The molecule has 1 aliphatic heterocycles. The van der Waals surface area contributed by atoms with E-state index >= 15 is 0 Å². The number of anilines is 1. The van der Waals surface area contributed by atoms with Crippen LogP contribution in [0.15, 0.2) is 18.2 Å². The topological polar surface area (TPSA) is 66.8 Å². The van der Waals surface area contributed by atoms with Crippen molar-refractivity contribution in [2.75, 3.05) is 31.3 Å². The molecule has 96 valence electrons. The number of amides is 1. The molecule has 0 unspecified atom stereocenters. The summed E-state index contributed by atoms with van der Waals surface area (Å²) in [5.41, 5.74) is 0.774. The van der Waals surface area contributed by atoms with Gasteiger partial charge < -0.3 is 14.7 Å². The van der Waals surface area contributed by atoms with Crippen LogP contribution in [0.25, 0.3) is 0 Å². The van der Waals surface area contributed by atoms with Crippen molar-refractivity contribution in [2.45, 2.75) is 0 Å². The first-order valence-electron chi connectivity index (χ1n) is 5.50. The molecule has 0 radical (unpaired) electrons. The summed E-state index contributed by atoms with van der Waals surface area (Å²) in [7, 11) is 0. The first kappa shape index (κ1) is 13.0. The SMILES string of the molecule is O=C1C(=O)N(CCOCCO)c2cccc(Cl)c21. The highest BCUT2D eigenvalue weighted by Crippen LogP contribution is 2.33. The molecule has 1 aromatic rings. The Balaban J connectivity index is 2.16. The highest BCUT2D eigenvalue weighted by atomic mass is 35.5. The average molecular weight is 270 g/mol. The molecule has 1 aromatic carbocycles. The monoisotopic (exact) mass is 269 g/mol. The zero-order chi connectivity index (χ0) is 13.1. The Morgan fingerprint density at radius 3 is 2.78 bits per heavy atom. The smallest absolute Gasteiger partial charge is 0.299 e. The van der Waals surface area contributed by atoms with Gasteiger partial charge in [-0.2, -0.15) is 0 Å². The van der Waals surface area contributed by atoms with Gasteiger partial charge in [0.15, 0.2) is 0 Å². The number of aliphatic hydroxyl groups is 1. The van der Waals surface area contributed by atoms with Gasteiger partial charge in [-0.3, -0.25) is 9.59 Å². The molecule has 0 bridgehead atoms. The fourth-order valence-corrected chi connectivity index (χ4v) is 2.10. The van der Waals surface area contributed by atoms with Crippen molar-refractivity contribution in [3.8, 4) is 0 Å². The molecular formula is C12H12ClNO4. The van der Waals surface area contributed by atoms with Crippen molar-refractivity contribution in [2.24, 2.45) is 0 Å². The second kappa shape index (κ2) is 5.48. The number of fused-ring (bicyclic) bond motifs is 1. The molecule has 1 N–H and O–H groups in total. The number of ketones is 1.